The zero-order valence-electron chi connectivity index (χ0n) is 39.4. The van der Waals surface area contributed by atoms with Crippen molar-refractivity contribution in [1.29, 1.82) is 0 Å². The number of phosphoric acid groups is 1. The third-order valence-electron chi connectivity index (χ3n) is 10.3. The van der Waals surface area contributed by atoms with Gasteiger partial charge in [-0.05, 0) is 77.0 Å². The van der Waals surface area contributed by atoms with Gasteiger partial charge in [-0.1, -0.05) is 165 Å². The Morgan fingerprint density at radius 2 is 0.900 bits per heavy atom. The van der Waals surface area contributed by atoms with Crippen LogP contribution in [0, 0.1) is 0 Å². The van der Waals surface area contributed by atoms with Gasteiger partial charge < -0.3 is 18.9 Å². The quantitative estimate of drug-likeness (QED) is 0.0212. The lowest BCUT2D eigenvalue weighted by Gasteiger charge is -2.24. The molecule has 350 valence electrons. The van der Waals surface area contributed by atoms with Gasteiger partial charge in [0, 0.05) is 12.8 Å². The Morgan fingerprint density at radius 1 is 0.517 bits per heavy atom. The Morgan fingerprint density at radius 3 is 1.35 bits per heavy atom. The van der Waals surface area contributed by atoms with Crippen molar-refractivity contribution in [2.45, 2.75) is 213 Å². The minimum absolute atomic E-state index is 0.0273. The molecule has 0 saturated carbocycles. The van der Waals surface area contributed by atoms with Gasteiger partial charge in [0.2, 0.25) is 0 Å². The summed E-state index contributed by atoms with van der Waals surface area (Å²) in [5, 5.41) is 0. The lowest BCUT2D eigenvalue weighted by molar-refractivity contribution is -0.870. The molecule has 0 aromatic heterocycles. The number of rotatable bonds is 44. The molecule has 0 radical (unpaired) electrons. The Kier molecular flexibility index (Phi) is 40.8. The predicted octanol–water partition coefficient (Wildman–Crippen LogP) is 14.2. The van der Waals surface area contributed by atoms with Crippen LogP contribution in [-0.4, -0.2) is 74.9 Å². The first-order valence-electron chi connectivity index (χ1n) is 24.4. The number of quaternary nitrogens is 1. The van der Waals surface area contributed by atoms with Gasteiger partial charge in [-0.25, -0.2) is 4.57 Å². The molecule has 0 spiro atoms. The Bertz CT molecular complexity index is 1160. The Labute approximate surface area is 369 Å². The summed E-state index contributed by atoms with van der Waals surface area (Å²) in [5.41, 5.74) is 0. The number of unbranched alkanes of at least 4 members (excludes halogenated alkanes) is 22. The van der Waals surface area contributed by atoms with Crippen molar-refractivity contribution >= 4 is 19.8 Å². The molecule has 9 nitrogen and oxygen atoms in total. The summed E-state index contributed by atoms with van der Waals surface area (Å²) >= 11 is 0. The number of allylic oxidation sites excluding steroid dienone is 8. The van der Waals surface area contributed by atoms with Crippen molar-refractivity contribution in [3.8, 4) is 0 Å². The topological polar surface area (TPSA) is 108 Å². The van der Waals surface area contributed by atoms with Crippen molar-refractivity contribution in [3.63, 3.8) is 0 Å². The predicted molar refractivity (Wildman–Crippen MR) is 252 cm³/mol. The summed E-state index contributed by atoms with van der Waals surface area (Å²) in [5.74, 6) is -0.818. The fourth-order valence-electron chi connectivity index (χ4n) is 6.49. The maximum absolute atomic E-state index is 12.7. The molecular weight excluding hydrogens is 774 g/mol. The molecule has 0 rings (SSSR count). The number of carbonyl (C=O) groups is 2. The molecule has 0 aliphatic carbocycles. The molecule has 2 unspecified atom stereocenters. The molecule has 0 bridgehead atoms. The van der Waals surface area contributed by atoms with Crippen LogP contribution in [0.25, 0.3) is 0 Å². The third kappa shape index (κ3) is 45.5. The van der Waals surface area contributed by atoms with E-state index in [1.165, 1.54) is 96.3 Å². The van der Waals surface area contributed by atoms with Crippen LogP contribution < -0.4 is 0 Å². The number of hydrogen-bond acceptors (Lipinski definition) is 7. The first-order chi connectivity index (χ1) is 29.0. The summed E-state index contributed by atoms with van der Waals surface area (Å²) in [7, 11) is 1.46. The highest BCUT2D eigenvalue weighted by molar-refractivity contribution is 7.47. The molecule has 2 atom stereocenters. The van der Waals surface area contributed by atoms with E-state index in [-0.39, 0.29) is 32.0 Å². The lowest BCUT2D eigenvalue weighted by atomic mass is 10.1. The highest BCUT2D eigenvalue weighted by atomic mass is 31.2. The van der Waals surface area contributed by atoms with E-state index < -0.39 is 26.5 Å². The van der Waals surface area contributed by atoms with Crippen molar-refractivity contribution in [2.24, 2.45) is 0 Å². The fraction of sp³-hybridized carbons (Fsp3) is 0.800. The van der Waals surface area contributed by atoms with Gasteiger partial charge in [-0.2, -0.15) is 0 Å². The van der Waals surface area contributed by atoms with Crippen LogP contribution >= 0.6 is 7.82 Å². The van der Waals surface area contributed by atoms with Crippen molar-refractivity contribution < 1.29 is 42.1 Å². The summed E-state index contributed by atoms with van der Waals surface area (Å²) in [4.78, 5) is 35.5. The van der Waals surface area contributed by atoms with E-state index in [0.29, 0.717) is 17.4 Å². The number of nitrogens with zero attached hydrogens (tertiary/aromatic N) is 1. The minimum atomic E-state index is -4.38. The van der Waals surface area contributed by atoms with Gasteiger partial charge in [0.15, 0.2) is 6.10 Å². The van der Waals surface area contributed by atoms with Crippen LogP contribution in [0.5, 0.6) is 0 Å². The van der Waals surface area contributed by atoms with E-state index in [9.17, 15) is 19.0 Å². The molecule has 0 aliphatic heterocycles. The zero-order chi connectivity index (χ0) is 44.3. The van der Waals surface area contributed by atoms with Crippen LogP contribution in [0.15, 0.2) is 48.6 Å². The van der Waals surface area contributed by atoms with Gasteiger partial charge in [-0.3, -0.25) is 18.6 Å². The van der Waals surface area contributed by atoms with Crippen LogP contribution in [0.4, 0.5) is 0 Å². The van der Waals surface area contributed by atoms with Crippen LogP contribution in [0.1, 0.15) is 206 Å². The Hall–Kier alpha value is -2.03. The van der Waals surface area contributed by atoms with E-state index in [2.05, 4.69) is 62.5 Å². The fourth-order valence-corrected chi connectivity index (χ4v) is 7.23. The molecule has 10 heteroatoms. The molecule has 60 heavy (non-hydrogen) atoms. The second kappa shape index (κ2) is 42.3. The highest BCUT2D eigenvalue weighted by Crippen LogP contribution is 2.43. The molecular formula is C50H93NO8P+. The maximum atomic E-state index is 12.7. The maximum Gasteiger partial charge on any atom is 0.472 e. The number of hydrogen-bond donors (Lipinski definition) is 1. The number of esters is 2. The SMILES string of the molecule is CCCCC/C=C\C/C=C\CCCCCCCC(=O)OCC(COP(=O)(O)OCC[N+](C)(C)C)OC(=O)CCCCCCCCCCC/C=C\C/C=C\CCCCCCC. The molecule has 0 aromatic carbocycles. The normalized spacial score (nSPS) is 13.9. The molecule has 0 amide bonds. The van der Waals surface area contributed by atoms with E-state index in [1.54, 1.807) is 0 Å². The first kappa shape index (κ1) is 58.0. The zero-order valence-corrected chi connectivity index (χ0v) is 40.3. The van der Waals surface area contributed by atoms with E-state index in [0.717, 1.165) is 77.0 Å². The molecule has 0 aliphatic rings. The van der Waals surface area contributed by atoms with Crippen LogP contribution in [0.2, 0.25) is 0 Å². The molecule has 0 saturated heterocycles. The van der Waals surface area contributed by atoms with Crippen LogP contribution in [0.3, 0.4) is 0 Å². The minimum Gasteiger partial charge on any atom is -0.462 e. The van der Waals surface area contributed by atoms with Gasteiger partial charge in [0.25, 0.3) is 0 Å². The summed E-state index contributed by atoms with van der Waals surface area (Å²) in [6.45, 7) is 4.37. The van der Waals surface area contributed by atoms with E-state index in [1.807, 2.05) is 21.1 Å². The number of phosphoric ester groups is 1. The molecule has 0 heterocycles. The van der Waals surface area contributed by atoms with Gasteiger partial charge >= 0.3 is 19.8 Å². The summed E-state index contributed by atoms with van der Waals surface area (Å²) < 4.78 is 34.4. The van der Waals surface area contributed by atoms with Gasteiger partial charge in [-0.15, -0.1) is 0 Å². The number of likely N-dealkylation sites (N-methyl/N-ethyl adjacent to an activating group) is 1. The number of carbonyl (C=O) groups excluding carboxylic acids is 2. The monoisotopic (exact) mass is 867 g/mol. The van der Waals surface area contributed by atoms with Gasteiger partial charge in [0.05, 0.1) is 27.7 Å². The van der Waals surface area contributed by atoms with E-state index in [4.69, 9.17) is 18.5 Å². The van der Waals surface area contributed by atoms with Gasteiger partial charge in [0.1, 0.15) is 19.8 Å². The second-order valence-corrected chi connectivity index (χ2v) is 18.9. The standard InChI is InChI=1S/C50H92NO8P/c1-6-8-10-12-14-16-18-20-22-23-24-25-26-27-29-31-33-35-37-39-41-43-50(53)59-48(47-58-60(54,55)57-45-44-51(3,4)5)46-56-49(52)42-40-38-36-34-32-30-28-21-19-17-15-13-11-9-7-2/h15,17-18,20-21,23-24,28,48H,6-14,16,19,22,25-27,29-47H2,1-5H3/p+1/b17-15-,20-18-,24-23-,28-21-. The van der Waals surface area contributed by atoms with Crippen molar-refractivity contribution in [2.75, 3.05) is 47.5 Å². The summed E-state index contributed by atoms with van der Waals surface area (Å²) in [6.07, 6.45) is 50.1. The summed E-state index contributed by atoms with van der Waals surface area (Å²) in [6, 6.07) is 0. The molecule has 1 N–H and O–H groups in total. The van der Waals surface area contributed by atoms with Crippen molar-refractivity contribution in [1.82, 2.24) is 0 Å². The smallest absolute Gasteiger partial charge is 0.462 e. The number of ether oxygens (including phenoxy) is 2. The van der Waals surface area contributed by atoms with Crippen LogP contribution in [-0.2, 0) is 32.7 Å². The Balaban J connectivity index is 4.31. The average molecular weight is 867 g/mol. The largest absolute Gasteiger partial charge is 0.472 e. The molecule has 0 fully saturated rings. The van der Waals surface area contributed by atoms with E-state index >= 15 is 0 Å². The second-order valence-electron chi connectivity index (χ2n) is 17.5. The molecule has 0 aromatic rings. The van der Waals surface area contributed by atoms with Crippen molar-refractivity contribution in [3.05, 3.63) is 48.6 Å². The first-order valence-corrected chi connectivity index (χ1v) is 25.9. The third-order valence-corrected chi connectivity index (χ3v) is 11.3. The highest BCUT2D eigenvalue weighted by Gasteiger charge is 2.27. The lowest BCUT2D eigenvalue weighted by Crippen LogP contribution is -2.37. The average Bonchev–Trinajstić information content (AvgIpc) is 3.20.